The normalized spacial score (nSPS) is 11.8. The Balaban J connectivity index is 2.12. The molecule has 0 spiro atoms. The number of nitrogens with one attached hydrogen (secondary N) is 1. The Kier molecular flexibility index (Phi) is 1.86. The zero-order chi connectivity index (χ0) is 11.9. The first-order chi connectivity index (χ1) is 8.93. The third-order valence-electron chi connectivity index (χ3n) is 3.30. The third-order valence-corrected chi connectivity index (χ3v) is 3.30. The van der Waals surface area contributed by atoms with Gasteiger partial charge in [-0.1, -0.05) is 30.3 Å². The van der Waals surface area contributed by atoms with Crippen LogP contribution >= 0.6 is 0 Å². The number of H-pyrrole nitrogens is 1. The molecule has 2 aromatic carbocycles. The maximum Gasteiger partial charge on any atom is 0.136 e. The van der Waals surface area contributed by atoms with Crippen LogP contribution in [-0.2, 0) is 0 Å². The zero-order valence-corrected chi connectivity index (χ0v) is 9.68. The Morgan fingerprint density at radius 1 is 0.667 bits per heavy atom. The van der Waals surface area contributed by atoms with Crippen LogP contribution in [-0.4, -0.2) is 4.98 Å². The van der Waals surface area contributed by atoms with E-state index in [0.717, 1.165) is 28.3 Å². The predicted octanol–water partition coefficient (Wildman–Crippen LogP) is 4.45. The van der Waals surface area contributed by atoms with Crippen molar-refractivity contribution >= 4 is 0 Å². The van der Waals surface area contributed by atoms with Gasteiger partial charge in [0, 0.05) is 22.9 Å². The molecular formula is C16H11NO. The fourth-order valence-electron chi connectivity index (χ4n) is 2.48. The molecule has 0 unspecified atom stereocenters. The standard InChI is InChI=1S/C16H11NO/c1-3-7-14-11(5-1)12-9-10-17-16(12)13-6-2-4-8-15(13)18-14/h1-10,17H. The molecular weight excluding hydrogens is 222 g/mol. The van der Waals surface area contributed by atoms with Crippen molar-refractivity contribution in [2.75, 3.05) is 0 Å². The van der Waals surface area contributed by atoms with Crippen molar-refractivity contribution in [3.63, 3.8) is 0 Å². The van der Waals surface area contributed by atoms with Gasteiger partial charge in [-0.15, -0.1) is 0 Å². The van der Waals surface area contributed by atoms with E-state index in [2.05, 4.69) is 23.2 Å². The zero-order valence-electron chi connectivity index (χ0n) is 9.68. The second-order valence-electron chi connectivity index (χ2n) is 4.36. The van der Waals surface area contributed by atoms with Crippen LogP contribution in [0.2, 0.25) is 0 Å². The Labute approximate surface area is 105 Å². The maximum absolute atomic E-state index is 6.02. The van der Waals surface area contributed by atoms with Gasteiger partial charge in [0.15, 0.2) is 0 Å². The van der Waals surface area contributed by atoms with Gasteiger partial charge in [-0.3, -0.25) is 0 Å². The van der Waals surface area contributed by atoms with Crippen LogP contribution < -0.4 is 4.74 Å². The highest BCUT2D eigenvalue weighted by Crippen LogP contribution is 2.45. The summed E-state index contributed by atoms with van der Waals surface area (Å²) in [6.07, 6.45) is 1.98. The molecule has 86 valence electrons. The van der Waals surface area contributed by atoms with Crippen molar-refractivity contribution in [1.82, 2.24) is 4.98 Å². The first-order valence-electron chi connectivity index (χ1n) is 5.97. The summed E-state index contributed by atoms with van der Waals surface area (Å²) in [5, 5.41) is 0. The lowest BCUT2D eigenvalue weighted by molar-refractivity contribution is 0.487. The number of para-hydroxylation sites is 2. The van der Waals surface area contributed by atoms with E-state index in [-0.39, 0.29) is 0 Å². The van der Waals surface area contributed by atoms with Gasteiger partial charge in [0.2, 0.25) is 0 Å². The van der Waals surface area contributed by atoms with Crippen LogP contribution in [0, 0.1) is 0 Å². The van der Waals surface area contributed by atoms with Crippen LogP contribution in [0.25, 0.3) is 22.4 Å². The Morgan fingerprint density at radius 2 is 1.33 bits per heavy atom. The second kappa shape index (κ2) is 3.50. The second-order valence-corrected chi connectivity index (χ2v) is 4.36. The van der Waals surface area contributed by atoms with E-state index in [0.29, 0.717) is 0 Å². The molecule has 2 heteroatoms. The molecule has 18 heavy (non-hydrogen) atoms. The molecule has 4 rings (SSSR count). The minimum atomic E-state index is 0.895. The van der Waals surface area contributed by atoms with Gasteiger partial charge >= 0.3 is 0 Å². The molecule has 2 nitrogen and oxygen atoms in total. The number of hydrogen-bond acceptors (Lipinski definition) is 1. The van der Waals surface area contributed by atoms with Crippen molar-refractivity contribution < 1.29 is 4.74 Å². The van der Waals surface area contributed by atoms with E-state index >= 15 is 0 Å². The van der Waals surface area contributed by atoms with Gasteiger partial charge < -0.3 is 9.72 Å². The smallest absolute Gasteiger partial charge is 0.136 e. The average Bonchev–Trinajstić information content (AvgIpc) is 2.84. The molecule has 1 aromatic heterocycles. The molecule has 0 saturated carbocycles. The molecule has 0 amide bonds. The summed E-state index contributed by atoms with van der Waals surface area (Å²) in [4.78, 5) is 3.31. The summed E-state index contributed by atoms with van der Waals surface area (Å²) in [7, 11) is 0. The van der Waals surface area contributed by atoms with Gasteiger partial charge in [0.05, 0.1) is 5.69 Å². The molecule has 0 bridgehead atoms. The van der Waals surface area contributed by atoms with Crippen LogP contribution in [0.4, 0.5) is 0 Å². The molecule has 1 aliphatic rings. The van der Waals surface area contributed by atoms with E-state index in [1.807, 2.05) is 42.6 Å². The van der Waals surface area contributed by atoms with Crippen LogP contribution in [0.15, 0.2) is 60.8 Å². The number of aromatic amines is 1. The highest BCUT2D eigenvalue weighted by molar-refractivity contribution is 5.88. The molecule has 0 atom stereocenters. The van der Waals surface area contributed by atoms with Gasteiger partial charge in [-0.2, -0.15) is 0 Å². The Hall–Kier alpha value is -2.48. The molecule has 1 N–H and O–H groups in total. The monoisotopic (exact) mass is 233 g/mol. The van der Waals surface area contributed by atoms with E-state index < -0.39 is 0 Å². The highest BCUT2D eigenvalue weighted by atomic mass is 16.5. The number of hydrogen-bond donors (Lipinski definition) is 1. The van der Waals surface area contributed by atoms with Crippen molar-refractivity contribution in [2.24, 2.45) is 0 Å². The van der Waals surface area contributed by atoms with Crippen molar-refractivity contribution in [3.05, 3.63) is 60.8 Å². The summed E-state index contributed by atoms with van der Waals surface area (Å²) in [6, 6.07) is 18.3. The predicted molar refractivity (Wildman–Crippen MR) is 71.7 cm³/mol. The van der Waals surface area contributed by atoms with E-state index in [9.17, 15) is 0 Å². The highest BCUT2D eigenvalue weighted by Gasteiger charge is 2.20. The number of benzene rings is 2. The van der Waals surface area contributed by atoms with Gasteiger partial charge in [0.1, 0.15) is 11.5 Å². The summed E-state index contributed by atoms with van der Waals surface area (Å²) in [5.74, 6) is 1.80. The van der Waals surface area contributed by atoms with E-state index in [4.69, 9.17) is 4.74 Å². The minimum absolute atomic E-state index is 0.895. The quantitative estimate of drug-likeness (QED) is 0.476. The summed E-state index contributed by atoms with van der Waals surface area (Å²) in [5.41, 5.74) is 4.55. The Morgan fingerprint density at radius 3 is 2.17 bits per heavy atom. The molecule has 0 aliphatic carbocycles. The van der Waals surface area contributed by atoms with Gasteiger partial charge in [-0.05, 0) is 24.3 Å². The van der Waals surface area contributed by atoms with Crippen molar-refractivity contribution in [3.8, 4) is 33.9 Å². The lowest BCUT2D eigenvalue weighted by Crippen LogP contribution is -1.85. The minimum Gasteiger partial charge on any atom is -0.456 e. The van der Waals surface area contributed by atoms with Gasteiger partial charge in [0.25, 0.3) is 0 Å². The van der Waals surface area contributed by atoms with Gasteiger partial charge in [-0.25, -0.2) is 0 Å². The Bertz CT molecular complexity index is 667. The summed E-state index contributed by atoms with van der Waals surface area (Å²) >= 11 is 0. The largest absolute Gasteiger partial charge is 0.456 e. The van der Waals surface area contributed by atoms with Crippen LogP contribution in [0.1, 0.15) is 0 Å². The molecule has 3 aromatic rings. The average molecular weight is 233 g/mol. The molecule has 0 radical (unpaired) electrons. The van der Waals surface area contributed by atoms with Crippen LogP contribution in [0.3, 0.4) is 0 Å². The number of rotatable bonds is 0. The van der Waals surface area contributed by atoms with E-state index in [1.165, 1.54) is 5.56 Å². The van der Waals surface area contributed by atoms with Crippen molar-refractivity contribution in [2.45, 2.75) is 0 Å². The van der Waals surface area contributed by atoms with Crippen LogP contribution in [0.5, 0.6) is 11.5 Å². The first-order valence-corrected chi connectivity index (χ1v) is 5.97. The number of ether oxygens (including phenoxy) is 1. The fourth-order valence-corrected chi connectivity index (χ4v) is 2.48. The fraction of sp³-hybridized carbons (Fsp3) is 0. The SMILES string of the molecule is c1ccc2c(c1)Oc1ccccc1-c1[nH]ccc1-2. The lowest BCUT2D eigenvalue weighted by atomic mass is 10.0. The molecule has 0 saturated heterocycles. The number of aromatic nitrogens is 1. The molecule has 1 aliphatic heterocycles. The molecule has 2 heterocycles. The summed E-state index contributed by atoms with van der Waals surface area (Å²) < 4.78 is 6.02. The lowest BCUT2D eigenvalue weighted by Gasteiger charge is -2.08. The first kappa shape index (κ1) is 9.54. The number of fused-ring (bicyclic) bond motifs is 5. The molecule has 0 fully saturated rings. The summed E-state index contributed by atoms with van der Waals surface area (Å²) in [6.45, 7) is 0. The topological polar surface area (TPSA) is 25.0 Å². The third kappa shape index (κ3) is 1.23. The van der Waals surface area contributed by atoms with Crippen molar-refractivity contribution in [1.29, 1.82) is 0 Å². The van der Waals surface area contributed by atoms with E-state index in [1.54, 1.807) is 0 Å². The maximum atomic E-state index is 6.02.